The Bertz CT molecular complexity index is 827. The monoisotopic (exact) mass is 347 g/mol. The van der Waals surface area contributed by atoms with Crippen molar-refractivity contribution < 1.29 is 14.3 Å². The summed E-state index contributed by atoms with van der Waals surface area (Å²) in [5.74, 6) is -0.371. The number of hydrogen-bond acceptors (Lipinski definition) is 4. The molecule has 0 aromatic heterocycles. The maximum atomic E-state index is 12.1. The van der Waals surface area contributed by atoms with Gasteiger partial charge in [-0.1, -0.05) is 50.2 Å². The minimum atomic E-state index is -0.584. The highest BCUT2D eigenvalue weighted by Crippen LogP contribution is 2.19. The maximum absolute atomic E-state index is 12.1. The number of ether oxygens (including phenoxy) is 1. The van der Waals surface area contributed by atoms with Crippen LogP contribution in [-0.4, -0.2) is 18.4 Å². The van der Waals surface area contributed by atoms with Crippen molar-refractivity contribution in [2.75, 3.05) is 6.61 Å². The molecule has 2 aromatic rings. The van der Waals surface area contributed by atoms with Crippen molar-refractivity contribution in [3.05, 3.63) is 76.9 Å². The Labute approximate surface area is 153 Å². The van der Waals surface area contributed by atoms with E-state index in [2.05, 4.69) is 13.8 Å². The van der Waals surface area contributed by atoms with Gasteiger partial charge in [0.1, 0.15) is 0 Å². The van der Waals surface area contributed by atoms with Gasteiger partial charge >= 0.3 is 5.97 Å². The molecule has 2 aromatic carbocycles. The van der Waals surface area contributed by atoms with Gasteiger partial charge in [-0.2, -0.15) is 5.26 Å². The summed E-state index contributed by atoms with van der Waals surface area (Å²) >= 11 is 0. The average molecular weight is 347 g/mol. The van der Waals surface area contributed by atoms with Crippen molar-refractivity contribution >= 4 is 17.8 Å². The number of ketones is 1. The first-order valence-corrected chi connectivity index (χ1v) is 8.51. The Morgan fingerprint density at radius 2 is 1.77 bits per heavy atom. The number of esters is 1. The Morgan fingerprint density at radius 1 is 1.12 bits per heavy atom. The smallest absolute Gasteiger partial charge is 0.331 e. The van der Waals surface area contributed by atoms with Crippen LogP contribution in [-0.2, 0) is 9.53 Å². The number of nitrogens with zero attached hydrogens (tertiary/aromatic N) is 1. The number of carbonyl (C=O) groups excluding carboxylic acids is 2. The van der Waals surface area contributed by atoms with Gasteiger partial charge in [-0.3, -0.25) is 4.79 Å². The Kier molecular flexibility index (Phi) is 6.87. The zero-order valence-electron chi connectivity index (χ0n) is 14.9. The molecule has 1 atom stereocenters. The second-order valence-electron chi connectivity index (χ2n) is 6.03. The van der Waals surface area contributed by atoms with Crippen molar-refractivity contribution in [1.82, 2.24) is 0 Å². The molecule has 0 radical (unpaired) electrons. The van der Waals surface area contributed by atoms with Crippen molar-refractivity contribution in [3.8, 4) is 6.07 Å². The molecule has 26 heavy (non-hydrogen) atoms. The third-order valence-electron chi connectivity index (χ3n) is 4.21. The fourth-order valence-corrected chi connectivity index (χ4v) is 2.33. The molecule has 0 unspecified atom stereocenters. The lowest BCUT2D eigenvalue weighted by molar-refractivity contribution is -0.136. The first-order chi connectivity index (χ1) is 12.5. The van der Waals surface area contributed by atoms with E-state index in [0.717, 1.165) is 12.0 Å². The van der Waals surface area contributed by atoms with E-state index in [1.54, 1.807) is 42.5 Å². The van der Waals surface area contributed by atoms with Crippen LogP contribution in [0.2, 0.25) is 0 Å². The summed E-state index contributed by atoms with van der Waals surface area (Å²) in [4.78, 5) is 23.9. The Balaban J connectivity index is 1.87. The molecule has 0 aliphatic heterocycles. The lowest BCUT2D eigenvalue weighted by atomic mass is 9.97. The summed E-state index contributed by atoms with van der Waals surface area (Å²) in [5, 5.41) is 8.74. The third kappa shape index (κ3) is 5.42. The molecule has 132 valence electrons. The van der Waals surface area contributed by atoms with Gasteiger partial charge < -0.3 is 4.74 Å². The quantitative estimate of drug-likeness (QED) is 0.420. The molecular weight excluding hydrogens is 326 g/mol. The molecule has 0 bridgehead atoms. The number of carbonyl (C=O) groups is 2. The average Bonchev–Trinajstić information content (AvgIpc) is 2.70. The zero-order chi connectivity index (χ0) is 18.9. The second-order valence-corrected chi connectivity index (χ2v) is 6.03. The van der Waals surface area contributed by atoms with Gasteiger partial charge in [0.25, 0.3) is 0 Å². The molecular formula is C22H21NO3. The highest BCUT2D eigenvalue weighted by atomic mass is 16.5. The summed E-state index contributed by atoms with van der Waals surface area (Å²) in [6, 6.07) is 16.2. The fraction of sp³-hybridized carbons (Fsp3) is 0.227. The van der Waals surface area contributed by atoms with Crippen LogP contribution in [0.15, 0.2) is 54.6 Å². The topological polar surface area (TPSA) is 67.2 Å². The molecule has 0 N–H and O–H groups in total. The fourth-order valence-electron chi connectivity index (χ4n) is 2.33. The van der Waals surface area contributed by atoms with Crippen LogP contribution in [0.25, 0.3) is 6.08 Å². The van der Waals surface area contributed by atoms with Crippen molar-refractivity contribution in [2.24, 2.45) is 0 Å². The van der Waals surface area contributed by atoms with E-state index < -0.39 is 5.97 Å². The minimum Gasteiger partial charge on any atom is -0.454 e. The lowest BCUT2D eigenvalue weighted by Crippen LogP contribution is -2.12. The summed E-state index contributed by atoms with van der Waals surface area (Å²) in [6.07, 6.45) is 3.88. The highest BCUT2D eigenvalue weighted by molar-refractivity contribution is 5.98. The molecule has 4 nitrogen and oxygen atoms in total. The summed E-state index contributed by atoms with van der Waals surface area (Å²) in [5.41, 5.74) is 3.04. The SMILES string of the molecule is CC[C@@H](C)c1ccc(C(=O)COC(=O)/C=C/c2ccc(C#N)cc2)cc1. The Morgan fingerprint density at radius 3 is 2.35 bits per heavy atom. The Hall–Kier alpha value is -3.19. The predicted octanol–water partition coefficient (Wildman–Crippen LogP) is 4.51. The molecule has 0 fully saturated rings. The standard InChI is InChI=1S/C22H21NO3/c1-3-16(2)19-9-11-20(12-10-19)21(24)15-26-22(25)13-8-17-4-6-18(14-23)7-5-17/h4-13,16H,3,15H2,1-2H3/b13-8+/t16-/m1/s1. The van der Waals surface area contributed by atoms with E-state index in [1.807, 2.05) is 18.2 Å². The largest absolute Gasteiger partial charge is 0.454 e. The van der Waals surface area contributed by atoms with Gasteiger partial charge in [0, 0.05) is 11.6 Å². The van der Waals surface area contributed by atoms with E-state index >= 15 is 0 Å². The zero-order valence-corrected chi connectivity index (χ0v) is 14.9. The van der Waals surface area contributed by atoms with Gasteiger partial charge in [-0.15, -0.1) is 0 Å². The molecule has 0 aliphatic rings. The van der Waals surface area contributed by atoms with E-state index in [4.69, 9.17) is 10.00 Å². The van der Waals surface area contributed by atoms with Gasteiger partial charge in [0.15, 0.2) is 12.4 Å². The lowest BCUT2D eigenvalue weighted by Gasteiger charge is -2.09. The molecule has 4 heteroatoms. The third-order valence-corrected chi connectivity index (χ3v) is 4.21. The van der Waals surface area contributed by atoms with Crippen molar-refractivity contribution in [1.29, 1.82) is 5.26 Å². The molecule has 0 heterocycles. The van der Waals surface area contributed by atoms with E-state index in [9.17, 15) is 9.59 Å². The summed E-state index contributed by atoms with van der Waals surface area (Å²) in [7, 11) is 0. The van der Waals surface area contributed by atoms with Crippen LogP contribution < -0.4 is 0 Å². The second kappa shape index (κ2) is 9.33. The van der Waals surface area contributed by atoms with E-state index in [0.29, 0.717) is 17.0 Å². The van der Waals surface area contributed by atoms with Crippen LogP contribution in [0.5, 0.6) is 0 Å². The molecule has 0 aliphatic carbocycles. The molecule has 2 rings (SSSR count). The number of hydrogen-bond donors (Lipinski definition) is 0. The van der Waals surface area contributed by atoms with Crippen LogP contribution >= 0.6 is 0 Å². The highest BCUT2D eigenvalue weighted by Gasteiger charge is 2.10. The minimum absolute atomic E-state index is 0.235. The van der Waals surface area contributed by atoms with Gasteiger partial charge in [0.2, 0.25) is 0 Å². The van der Waals surface area contributed by atoms with E-state index in [1.165, 1.54) is 11.6 Å². The summed E-state index contributed by atoms with van der Waals surface area (Å²) < 4.78 is 5.00. The van der Waals surface area contributed by atoms with Crippen molar-refractivity contribution in [2.45, 2.75) is 26.2 Å². The summed E-state index contributed by atoms with van der Waals surface area (Å²) in [6.45, 7) is 3.96. The number of nitriles is 1. The number of benzene rings is 2. The first kappa shape index (κ1) is 19.1. The number of rotatable bonds is 7. The normalized spacial score (nSPS) is 11.7. The van der Waals surface area contributed by atoms with Gasteiger partial charge in [-0.05, 0) is 41.7 Å². The first-order valence-electron chi connectivity index (χ1n) is 8.51. The van der Waals surface area contributed by atoms with Crippen LogP contribution in [0.1, 0.15) is 53.2 Å². The molecule has 0 spiro atoms. The molecule has 0 amide bonds. The molecule has 0 saturated carbocycles. The van der Waals surface area contributed by atoms with Crippen LogP contribution in [0, 0.1) is 11.3 Å². The number of Topliss-reactive ketones (excluding diaryl/α,β-unsaturated/α-hetero) is 1. The van der Waals surface area contributed by atoms with Gasteiger partial charge in [-0.25, -0.2) is 4.79 Å². The molecule has 0 saturated heterocycles. The van der Waals surface area contributed by atoms with Crippen molar-refractivity contribution in [3.63, 3.8) is 0 Å². The predicted molar refractivity (Wildman–Crippen MR) is 101 cm³/mol. The van der Waals surface area contributed by atoms with Crippen LogP contribution in [0.4, 0.5) is 0 Å². The maximum Gasteiger partial charge on any atom is 0.331 e. The van der Waals surface area contributed by atoms with E-state index in [-0.39, 0.29) is 12.4 Å². The van der Waals surface area contributed by atoms with Gasteiger partial charge in [0.05, 0.1) is 11.6 Å². The van der Waals surface area contributed by atoms with Crippen LogP contribution in [0.3, 0.4) is 0 Å².